The normalized spacial score (nSPS) is 22.6. The Morgan fingerprint density at radius 1 is 1.06 bits per heavy atom. The summed E-state index contributed by atoms with van der Waals surface area (Å²) in [5.41, 5.74) is 2.95. The second-order valence-electron chi connectivity index (χ2n) is 10.1. The van der Waals surface area contributed by atoms with Gasteiger partial charge in [-0.1, -0.05) is 6.07 Å². The number of nitrogens with one attached hydrogen (secondary N) is 2. The molecule has 4 rings (SSSR count). The Hall–Kier alpha value is -2.33. The lowest BCUT2D eigenvalue weighted by atomic mass is 9.93. The molecule has 1 atom stereocenters. The third-order valence-electron chi connectivity index (χ3n) is 7.10. The highest BCUT2D eigenvalue weighted by Gasteiger charge is 2.22. The summed E-state index contributed by atoms with van der Waals surface area (Å²) in [6.07, 6.45) is 8.65. The minimum atomic E-state index is -0.197. The van der Waals surface area contributed by atoms with Gasteiger partial charge < -0.3 is 25.7 Å². The largest absolute Gasteiger partial charge is 0.396 e. The van der Waals surface area contributed by atoms with Crippen LogP contribution < -0.4 is 10.6 Å². The van der Waals surface area contributed by atoms with E-state index < -0.39 is 0 Å². The average Bonchev–Trinajstić information content (AvgIpc) is 2.86. The Balaban J connectivity index is 1.49. The Labute approximate surface area is 209 Å². The molecule has 2 aliphatic rings. The van der Waals surface area contributed by atoms with Crippen molar-refractivity contribution < 1.29 is 10.2 Å². The Kier molecular flexibility index (Phi) is 9.25. The molecular weight excluding hydrogens is 442 g/mol. The number of aliphatic hydroxyl groups excluding tert-OH is 2. The van der Waals surface area contributed by atoms with Crippen molar-refractivity contribution >= 4 is 11.8 Å². The monoisotopic (exact) mass is 483 g/mol. The standard InChI is InChI=1S/C26H41N7O2/c1-19(4-3-15-34)29-26-28-17-23(25(31-26)30-21-6-8-22(35)9-7-21)24-10-5-20(16-27-24)18-33-13-11-32(2)12-14-33/h5,10,16-17,19,21-22,34-35H,3-4,6-9,11-15,18H2,1-2H3,(H2,28,29,30,31)/t19-,21?,22?/m0/s1. The van der Waals surface area contributed by atoms with Crippen LogP contribution in [-0.2, 0) is 6.54 Å². The second kappa shape index (κ2) is 12.6. The molecular formula is C26H41N7O2. The van der Waals surface area contributed by atoms with E-state index in [9.17, 15) is 5.11 Å². The summed E-state index contributed by atoms with van der Waals surface area (Å²) < 4.78 is 0. The number of likely N-dealkylation sites (N-methyl/N-ethyl adjacent to an activating group) is 1. The van der Waals surface area contributed by atoms with Crippen molar-refractivity contribution in [3.8, 4) is 11.3 Å². The molecule has 1 saturated carbocycles. The van der Waals surface area contributed by atoms with E-state index in [0.29, 0.717) is 5.95 Å². The maximum absolute atomic E-state index is 9.90. The maximum Gasteiger partial charge on any atom is 0.224 e. The van der Waals surface area contributed by atoms with E-state index in [1.165, 1.54) is 5.56 Å². The fourth-order valence-electron chi connectivity index (χ4n) is 4.79. The van der Waals surface area contributed by atoms with Crippen LogP contribution >= 0.6 is 0 Å². The number of piperazine rings is 1. The number of anilines is 2. The fraction of sp³-hybridized carbons (Fsp3) is 0.654. The molecule has 0 bridgehead atoms. The quantitative estimate of drug-likeness (QED) is 0.405. The van der Waals surface area contributed by atoms with Crippen LogP contribution in [0.5, 0.6) is 0 Å². The van der Waals surface area contributed by atoms with Gasteiger partial charge in [-0.25, -0.2) is 4.98 Å². The van der Waals surface area contributed by atoms with Crippen LogP contribution in [0.3, 0.4) is 0 Å². The predicted molar refractivity (Wildman–Crippen MR) is 139 cm³/mol. The van der Waals surface area contributed by atoms with Gasteiger partial charge in [-0.15, -0.1) is 0 Å². The van der Waals surface area contributed by atoms with Crippen LogP contribution in [0.1, 0.15) is 51.0 Å². The molecule has 2 aromatic heterocycles. The van der Waals surface area contributed by atoms with Gasteiger partial charge >= 0.3 is 0 Å². The molecule has 1 aliphatic carbocycles. The summed E-state index contributed by atoms with van der Waals surface area (Å²) in [5, 5.41) is 26.0. The SMILES string of the molecule is C[C@@H](CCCO)Nc1ncc(-c2ccc(CN3CCN(C)CC3)cn2)c(NC2CCC(O)CC2)n1. The van der Waals surface area contributed by atoms with Crippen molar-refractivity contribution in [1.29, 1.82) is 0 Å². The Bertz CT molecular complexity index is 910. The number of hydrogen-bond donors (Lipinski definition) is 4. The number of nitrogens with zero attached hydrogens (tertiary/aromatic N) is 5. The Morgan fingerprint density at radius 2 is 1.83 bits per heavy atom. The molecule has 9 heteroatoms. The van der Waals surface area contributed by atoms with Crippen molar-refractivity contribution in [2.45, 2.75) is 70.2 Å². The van der Waals surface area contributed by atoms with Crippen LogP contribution in [0, 0.1) is 0 Å². The van der Waals surface area contributed by atoms with Gasteiger partial charge in [0.15, 0.2) is 0 Å². The van der Waals surface area contributed by atoms with Crippen molar-refractivity contribution in [3.05, 3.63) is 30.1 Å². The number of rotatable bonds is 10. The van der Waals surface area contributed by atoms with Gasteiger partial charge in [0.25, 0.3) is 0 Å². The molecule has 1 aliphatic heterocycles. The molecule has 0 amide bonds. The van der Waals surface area contributed by atoms with E-state index >= 15 is 0 Å². The lowest BCUT2D eigenvalue weighted by Crippen LogP contribution is -2.43. The van der Waals surface area contributed by atoms with Crippen molar-refractivity contribution in [1.82, 2.24) is 24.8 Å². The van der Waals surface area contributed by atoms with Crippen molar-refractivity contribution in [2.24, 2.45) is 0 Å². The average molecular weight is 484 g/mol. The van der Waals surface area contributed by atoms with Gasteiger partial charge in [-0.05, 0) is 64.1 Å². The molecule has 35 heavy (non-hydrogen) atoms. The first-order valence-corrected chi connectivity index (χ1v) is 13.1. The van der Waals surface area contributed by atoms with Crippen molar-refractivity contribution in [2.75, 3.05) is 50.5 Å². The second-order valence-corrected chi connectivity index (χ2v) is 10.1. The van der Waals surface area contributed by atoms with E-state index in [1.807, 2.05) is 12.4 Å². The highest BCUT2D eigenvalue weighted by molar-refractivity contribution is 5.73. The van der Waals surface area contributed by atoms with Gasteiger partial charge in [-0.2, -0.15) is 4.98 Å². The number of hydrogen-bond acceptors (Lipinski definition) is 9. The van der Waals surface area contributed by atoms with Crippen molar-refractivity contribution in [3.63, 3.8) is 0 Å². The molecule has 0 aromatic carbocycles. The molecule has 4 N–H and O–H groups in total. The maximum atomic E-state index is 9.90. The van der Waals surface area contributed by atoms with E-state index in [2.05, 4.69) is 51.5 Å². The van der Waals surface area contributed by atoms with Crippen LogP contribution in [-0.4, -0.2) is 93.0 Å². The highest BCUT2D eigenvalue weighted by atomic mass is 16.3. The predicted octanol–water partition coefficient (Wildman–Crippen LogP) is 2.57. The highest BCUT2D eigenvalue weighted by Crippen LogP contribution is 2.29. The van der Waals surface area contributed by atoms with Crippen LogP contribution in [0.4, 0.5) is 11.8 Å². The molecule has 1 saturated heterocycles. The molecule has 9 nitrogen and oxygen atoms in total. The topological polar surface area (TPSA) is 110 Å². The minimum Gasteiger partial charge on any atom is -0.396 e. The minimum absolute atomic E-state index is 0.165. The van der Waals surface area contributed by atoms with E-state index in [0.717, 1.165) is 88.3 Å². The zero-order chi connectivity index (χ0) is 24.6. The van der Waals surface area contributed by atoms with Gasteiger partial charge in [0.1, 0.15) is 5.82 Å². The fourth-order valence-corrected chi connectivity index (χ4v) is 4.79. The first-order chi connectivity index (χ1) is 17.0. The zero-order valence-corrected chi connectivity index (χ0v) is 21.2. The summed E-state index contributed by atoms with van der Waals surface area (Å²) in [7, 11) is 2.17. The summed E-state index contributed by atoms with van der Waals surface area (Å²) in [6.45, 7) is 7.56. The van der Waals surface area contributed by atoms with Gasteiger partial charge in [0.2, 0.25) is 5.95 Å². The Morgan fingerprint density at radius 3 is 2.51 bits per heavy atom. The summed E-state index contributed by atoms with van der Waals surface area (Å²) in [4.78, 5) is 19.0. The third-order valence-corrected chi connectivity index (χ3v) is 7.10. The van der Waals surface area contributed by atoms with Crippen LogP contribution in [0.25, 0.3) is 11.3 Å². The summed E-state index contributed by atoms with van der Waals surface area (Å²) in [6, 6.07) is 4.65. The van der Waals surface area contributed by atoms with Gasteiger partial charge in [0, 0.05) is 63.8 Å². The molecule has 2 aromatic rings. The number of pyridine rings is 1. The molecule has 3 heterocycles. The molecule has 0 unspecified atom stereocenters. The molecule has 192 valence electrons. The van der Waals surface area contributed by atoms with Crippen LogP contribution in [0.15, 0.2) is 24.5 Å². The molecule has 0 radical (unpaired) electrons. The van der Waals surface area contributed by atoms with E-state index in [-0.39, 0.29) is 24.8 Å². The van der Waals surface area contributed by atoms with Crippen LogP contribution in [0.2, 0.25) is 0 Å². The molecule has 2 fully saturated rings. The first kappa shape index (κ1) is 25.8. The summed E-state index contributed by atoms with van der Waals surface area (Å²) >= 11 is 0. The number of aromatic nitrogens is 3. The lowest BCUT2D eigenvalue weighted by Gasteiger charge is -2.32. The zero-order valence-electron chi connectivity index (χ0n) is 21.2. The third kappa shape index (κ3) is 7.57. The van der Waals surface area contributed by atoms with E-state index in [4.69, 9.17) is 15.1 Å². The smallest absolute Gasteiger partial charge is 0.224 e. The van der Waals surface area contributed by atoms with E-state index in [1.54, 1.807) is 0 Å². The van der Waals surface area contributed by atoms with Gasteiger partial charge in [-0.3, -0.25) is 9.88 Å². The first-order valence-electron chi connectivity index (χ1n) is 13.1. The number of aliphatic hydroxyl groups is 2. The van der Waals surface area contributed by atoms with Gasteiger partial charge in [0.05, 0.1) is 17.4 Å². The lowest BCUT2D eigenvalue weighted by molar-refractivity contribution is 0.126. The molecule has 0 spiro atoms. The summed E-state index contributed by atoms with van der Waals surface area (Å²) in [5.74, 6) is 1.35.